The van der Waals surface area contributed by atoms with Gasteiger partial charge in [0.15, 0.2) is 0 Å². The van der Waals surface area contributed by atoms with Crippen molar-refractivity contribution in [2.45, 2.75) is 12.0 Å². The third kappa shape index (κ3) is 0.892. The summed E-state index contributed by atoms with van der Waals surface area (Å²) in [5, 5.41) is 8.60. The normalized spacial score (nSPS) is 37.3. The van der Waals surface area contributed by atoms with Crippen LogP contribution in [0.5, 0.6) is 0 Å². The standard InChI is InChI=1S/C6H11NO3/c1-10-5(9)6(7)2-4(6)3-8/h4,8H,2-3,7H2,1H3/t4-,6-/m0/s1. The van der Waals surface area contributed by atoms with E-state index >= 15 is 0 Å². The van der Waals surface area contributed by atoms with Crippen LogP contribution in [0, 0.1) is 5.92 Å². The molecule has 1 aliphatic rings. The fourth-order valence-electron chi connectivity index (χ4n) is 1.02. The van der Waals surface area contributed by atoms with Crippen LogP contribution in [0.25, 0.3) is 0 Å². The van der Waals surface area contributed by atoms with E-state index in [1.54, 1.807) is 0 Å². The number of esters is 1. The maximum Gasteiger partial charge on any atom is 0.326 e. The first-order valence-corrected chi connectivity index (χ1v) is 3.13. The predicted molar refractivity (Wildman–Crippen MR) is 34.1 cm³/mol. The first-order valence-electron chi connectivity index (χ1n) is 3.13. The van der Waals surface area contributed by atoms with Crippen LogP contribution in [-0.4, -0.2) is 30.3 Å². The summed E-state index contributed by atoms with van der Waals surface area (Å²) in [5.41, 5.74) is 4.64. The molecule has 0 unspecified atom stereocenters. The zero-order valence-electron chi connectivity index (χ0n) is 5.83. The topological polar surface area (TPSA) is 72.5 Å². The van der Waals surface area contributed by atoms with Crippen LogP contribution in [0.1, 0.15) is 6.42 Å². The molecule has 0 aliphatic heterocycles. The Balaban J connectivity index is 2.50. The zero-order valence-corrected chi connectivity index (χ0v) is 5.83. The summed E-state index contributed by atoms with van der Waals surface area (Å²) in [6, 6.07) is 0. The number of ether oxygens (including phenoxy) is 1. The number of carbonyl (C=O) groups is 1. The molecule has 4 heteroatoms. The van der Waals surface area contributed by atoms with Gasteiger partial charge < -0.3 is 15.6 Å². The van der Waals surface area contributed by atoms with Crippen LogP contribution in [0.4, 0.5) is 0 Å². The molecule has 3 N–H and O–H groups in total. The number of methoxy groups -OCH3 is 1. The van der Waals surface area contributed by atoms with Gasteiger partial charge in [0.05, 0.1) is 7.11 Å². The Hall–Kier alpha value is -0.610. The van der Waals surface area contributed by atoms with Gasteiger partial charge in [0.1, 0.15) is 5.54 Å². The van der Waals surface area contributed by atoms with Crippen LogP contribution in [0.15, 0.2) is 0 Å². The summed E-state index contributed by atoms with van der Waals surface area (Å²) in [6.45, 7) is -0.0361. The zero-order chi connectivity index (χ0) is 7.78. The van der Waals surface area contributed by atoms with Gasteiger partial charge in [0.2, 0.25) is 0 Å². The molecule has 0 radical (unpaired) electrons. The molecular weight excluding hydrogens is 134 g/mol. The van der Waals surface area contributed by atoms with Crippen molar-refractivity contribution in [1.29, 1.82) is 0 Å². The summed E-state index contributed by atoms with van der Waals surface area (Å²) < 4.78 is 4.43. The minimum atomic E-state index is -0.885. The minimum Gasteiger partial charge on any atom is -0.468 e. The highest BCUT2D eigenvalue weighted by molar-refractivity contribution is 5.84. The van der Waals surface area contributed by atoms with E-state index < -0.39 is 11.5 Å². The van der Waals surface area contributed by atoms with E-state index in [0.717, 1.165) is 0 Å². The number of aliphatic hydroxyl groups excluding tert-OH is 1. The fraction of sp³-hybridized carbons (Fsp3) is 0.833. The highest BCUT2D eigenvalue weighted by Crippen LogP contribution is 2.41. The van der Waals surface area contributed by atoms with Crippen molar-refractivity contribution in [2.75, 3.05) is 13.7 Å². The first-order chi connectivity index (χ1) is 4.65. The molecule has 10 heavy (non-hydrogen) atoms. The first kappa shape index (κ1) is 7.50. The van der Waals surface area contributed by atoms with Crippen molar-refractivity contribution < 1.29 is 14.6 Å². The van der Waals surface area contributed by atoms with Gasteiger partial charge in [-0.3, -0.25) is 4.79 Å². The number of carbonyl (C=O) groups excluding carboxylic acids is 1. The van der Waals surface area contributed by atoms with E-state index in [1.165, 1.54) is 7.11 Å². The van der Waals surface area contributed by atoms with Crippen molar-refractivity contribution in [3.8, 4) is 0 Å². The summed E-state index contributed by atoms with van der Waals surface area (Å²) in [6.07, 6.45) is 0.538. The Kier molecular flexibility index (Phi) is 1.66. The maximum atomic E-state index is 10.8. The molecule has 1 aliphatic carbocycles. The molecule has 0 aromatic rings. The quantitative estimate of drug-likeness (QED) is 0.482. The largest absolute Gasteiger partial charge is 0.468 e. The van der Waals surface area contributed by atoms with Crippen molar-refractivity contribution in [3.05, 3.63) is 0 Å². The van der Waals surface area contributed by atoms with Gasteiger partial charge in [0.25, 0.3) is 0 Å². The monoisotopic (exact) mass is 145 g/mol. The number of aliphatic hydroxyl groups is 1. The molecule has 2 atom stereocenters. The Labute approximate surface area is 59.0 Å². The van der Waals surface area contributed by atoms with Gasteiger partial charge >= 0.3 is 5.97 Å². The molecular formula is C6H11NO3. The lowest BCUT2D eigenvalue weighted by Gasteiger charge is -2.05. The highest BCUT2D eigenvalue weighted by atomic mass is 16.5. The molecule has 0 bridgehead atoms. The van der Waals surface area contributed by atoms with Gasteiger partial charge in [-0.2, -0.15) is 0 Å². The molecule has 0 heterocycles. The number of hydrogen-bond donors (Lipinski definition) is 2. The third-order valence-corrected chi connectivity index (χ3v) is 1.94. The lowest BCUT2D eigenvalue weighted by atomic mass is 10.2. The lowest BCUT2D eigenvalue weighted by molar-refractivity contribution is -0.143. The molecule has 0 aromatic heterocycles. The SMILES string of the molecule is COC(=O)[C@]1(N)C[C@H]1CO. The minimum absolute atomic E-state index is 0.0361. The highest BCUT2D eigenvalue weighted by Gasteiger charge is 2.57. The third-order valence-electron chi connectivity index (χ3n) is 1.94. The lowest BCUT2D eigenvalue weighted by Crippen LogP contribution is -2.37. The van der Waals surface area contributed by atoms with Crippen molar-refractivity contribution in [2.24, 2.45) is 11.7 Å². The molecule has 4 nitrogen and oxygen atoms in total. The van der Waals surface area contributed by atoms with E-state index in [2.05, 4.69) is 4.74 Å². The molecule has 1 fully saturated rings. The van der Waals surface area contributed by atoms with Gasteiger partial charge in [0, 0.05) is 12.5 Å². The van der Waals surface area contributed by atoms with E-state index in [9.17, 15) is 4.79 Å². The summed E-state index contributed by atoms with van der Waals surface area (Å²) >= 11 is 0. The van der Waals surface area contributed by atoms with E-state index in [1.807, 2.05) is 0 Å². The van der Waals surface area contributed by atoms with E-state index in [-0.39, 0.29) is 12.5 Å². The van der Waals surface area contributed by atoms with Crippen molar-refractivity contribution in [3.63, 3.8) is 0 Å². The molecule has 0 spiro atoms. The smallest absolute Gasteiger partial charge is 0.326 e. The van der Waals surface area contributed by atoms with Gasteiger partial charge in [-0.15, -0.1) is 0 Å². The van der Waals surface area contributed by atoms with Crippen LogP contribution in [0.2, 0.25) is 0 Å². The van der Waals surface area contributed by atoms with Crippen LogP contribution >= 0.6 is 0 Å². The number of rotatable bonds is 2. The second kappa shape index (κ2) is 2.21. The second-order valence-corrected chi connectivity index (χ2v) is 2.62. The average Bonchev–Trinajstić information content (AvgIpc) is 2.61. The molecule has 0 saturated heterocycles. The average molecular weight is 145 g/mol. The van der Waals surface area contributed by atoms with Gasteiger partial charge in [-0.1, -0.05) is 0 Å². The Morgan fingerprint density at radius 3 is 2.90 bits per heavy atom. The molecule has 0 aromatic carbocycles. The maximum absolute atomic E-state index is 10.8. The van der Waals surface area contributed by atoms with Crippen LogP contribution in [0.3, 0.4) is 0 Å². The molecule has 58 valence electrons. The molecule has 1 saturated carbocycles. The summed E-state index contributed by atoms with van der Waals surface area (Å²) in [7, 11) is 1.30. The Bertz CT molecular complexity index is 159. The van der Waals surface area contributed by atoms with Gasteiger partial charge in [-0.25, -0.2) is 0 Å². The van der Waals surface area contributed by atoms with E-state index in [0.29, 0.717) is 6.42 Å². The van der Waals surface area contributed by atoms with E-state index in [4.69, 9.17) is 10.8 Å². The second-order valence-electron chi connectivity index (χ2n) is 2.62. The molecule has 0 amide bonds. The fourth-order valence-corrected chi connectivity index (χ4v) is 1.02. The number of hydrogen-bond acceptors (Lipinski definition) is 4. The Morgan fingerprint density at radius 1 is 2.00 bits per heavy atom. The molecule has 1 rings (SSSR count). The van der Waals surface area contributed by atoms with Gasteiger partial charge in [-0.05, 0) is 6.42 Å². The number of nitrogens with two attached hydrogens (primary N) is 1. The van der Waals surface area contributed by atoms with Crippen LogP contribution < -0.4 is 5.73 Å². The summed E-state index contributed by atoms with van der Waals surface area (Å²) in [4.78, 5) is 10.8. The summed E-state index contributed by atoms with van der Waals surface area (Å²) in [5.74, 6) is -0.522. The van der Waals surface area contributed by atoms with Crippen LogP contribution in [-0.2, 0) is 9.53 Å². The van der Waals surface area contributed by atoms with Crippen molar-refractivity contribution >= 4 is 5.97 Å². The predicted octanol–water partition coefficient (Wildman–Crippen LogP) is -1.13. The van der Waals surface area contributed by atoms with Crippen molar-refractivity contribution in [1.82, 2.24) is 0 Å². The Morgan fingerprint density at radius 2 is 2.60 bits per heavy atom.